The molecule has 17 heavy (non-hydrogen) atoms. The predicted molar refractivity (Wildman–Crippen MR) is 65.9 cm³/mol. The van der Waals surface area contributed by atoms with Gasteiger partial charge in [-0.25, -0.2) is 0 Å². The summed E-state index contributed by atoms with van der Waals surface area (Å²) in [5.74, 6) is 0.908. The lowest BCUT2D eigenvalue weighted by Crippen LogP contribution is -1.98. The fraction of sp³-hybridized carbons (Fsp3) is 0.231. The average Bonchev–Trinajstić information content (AvgIpc) is 2.80. The van der Waals surface area contributed by atoms with E-state index in [1.54, 1.807) is 0 Å². The standard InChI is InChI=1S/C13H13N3O/c17-9-3-6-12-14-15-13-8-7-10-4-1-2-5-11(10)16(12)13/h1-2,4-5,7-8,17H,3,6,9H2. The lowest BCUT2D eigenvalue weighted by atomic mass is 10.2. The summed E-state index contributed by atoms with van der Waals surface area (Å²) in [5.41, 5.74) is 1.97. The molecule has 2 heterocycles. The monoisotopic (exact) mass is 227 g/mol. The lowest BCUT2D eigenvalue weighted by molar-refractivity contribution is 0.287. The van der Waals surface area contributed by atoms with Crippen LogP contribution in [0, 0.1) is 0 Å². The van der Waals surface area contributed by atoms with Gasteiger partial charge in [0.1, 0.15) is 5.82 Å². The summed E-state index contributed by atoms with van der Waals surface area (Å²) in [7, 11) is 0. The van der Waals surface area contributed by atoms with Crippen LogP contribution in [0.1, 0.15) is 12.2 Å². The highest BCUT2D eigenvalue weighted by atomic mass is 16.2. The van der Waals surface area contributed by atoms with Crippen LogP contribution >= 0.6 is 0 Å². The number of aliphatic hydroxyl groups excluding tert-OH is 1. The van der Waals surface area contributed by atoms with Crippen LogP contribution in [0.5, 0.6) is 0 Å². The first-order valence-electron chi connectivity index (χ1n) is 5.73. The zero-order valence-corrected chi connectivity index (χ0v) is 9.37. The van der Waals surface area contributed by atoms with E-state index in [1.807, 2.05) is 18.2 Å². The summed E-state index contributed by atoms with van der Waals surface area (Å²) in [6, 6.07) is 12.2. The van der Waals surface area contributed by atoms with Gasteiger partial charge < -0.3 is 5.11 Å². The van der Waals surface area contributed by atoms with Crippen LogP contribution < -0.4 is 0 Å². The summed E-state index contributed by atoms with van der Waals surface area (Å²) >= 11 is 0. The Labute approximate surface area is 98.5 Å². The summed E-state index contributed by atoms with van der Waals surface area (Å²) in [4.78, 5) is 0. The van der Waals surface area contributed by atoms with Gasteiger partial charge in [0.15, 0.2) is 5.65 Å². The van der Waals surface area contributed by atoms with Crippen molar-refractivity contribution in [3.05, 3.63) is 42.2 Å². The molecule has 3 aromatic rings. The Kier molecular flexibility index (Phi) is 2.49. The Balaban J connectivity index is 2.27. The van der Waals surface area contributed by atoms with Gasteiger partial charge in [-0.05, 0) is 30.0 Å². The van der Waals surface area contributed by atoms with Crippen LogP contribution in [-0.4, -0.2) is 26.3 Å². The number of para-hydroxylation sites is 1. The third kappa shape index (κ3) is 1.66. The van der Waals surface area contributed by atoms with Crippen molar-refractivity contribution in [1.29, 1.82) is 0 Å². The number of pyridine rings is 1. The molecule has 0 aliphatic carbocycles. The van der Waals surface area contributed by atoms with Crippen LogP contribution in [-0.2, 0) is 6.42 Å². The first kappa shape index (κ1) is 10.2. The summed E-state index contributed by atoms with van der Waals surface area (Å²) in [6.07, 6.45) is 1.45. The maximum Gasteiger partial charge on any atom is 0.161 e. The number of fused-ring (bicyclic) bond motifs is 3. The zero-order valence-electron chi connectivity index (χ0n) is 9.37. The SMILES string of the molecule is OCCCc1nnc2ccc3ccccc3n12. The molecule has 0 atom stereocenters. The van der Waals surface area contributed by atoms with Gasteiger partial charge in [0, 0.05) is 13.0 Å². The highest BCUT2D eigenvalue weighted by Crippen LogP contribution is 2.17. The quantitative estimate of drug-likeness (QED) is 0.742. The van der Waals surface area contributed by atoms with Gasteiger partial charge in [0.05, 0.1) is 5.52 Å². The maximum atomic E-state index is 8.89. The van der Waals surface area contributed by atoms with Crippen molar-refractivity contribution in [3.8, 4) is 0 Å². The molecular weight excluding hydrogens is 214 g/mol. The second-order valence-corrected chi connectivity index (χ2v) is 4.03. The molecule has 86 valence electrons. The van der Waals surface area contributed by atoms with Gasteiger partial charge >= 0.3 is 0 Å². The highest BCUT2D eigenvalue weighted by molar-refractivity contribution is 5.81. The molecule has 0 radical (unpaired) electrons. The Bertz CT molecular complexity index is 660. The number of rotatable bonds is 3. The van der Waals surface area contributed by atoms with Gasteiger partial charge in [-0.15, -0.1) is 10.2 Å². The Morgan fingerprint density at radius 2 is 1.94 bits per heavy atom. The van der Waals surface area contributed by atoms with Crippen LogP contribution in [0.25, 0.3) is 16.6 Å². The number of nitrogens with zero attached hydrogens (tertiary/aromatic N) is 3. The molecule has 0 saturated carbocycles. The van der Waals surface area contributed by atoms with Crippen molar-refractivity contribution in [3.63, 3.8) is 0 Å². The van der Waals surface area contributed by atoms with E-state index in [-0.39, 0.29) is 6.61 Å². The molecule has 4 nitrogen and oxygen atoms in total. The second kappa shape index (κ2) is 4.14. The van der Waals surface area contributed by atoms with Crippen LogP contribution in [0.2, 0.25) is 0 Å². The van der Waals surface area contributed by atoms with Gasteiger partial charge in [-0.1, -0.05) is 18.2 Å². The van der Waals surface area contributed by atoms with Crippen molar-refractivity contribution in [2.75, 3.05) is 6.61 Å². The predicted octanol–water partition coefficient (Wildman–Crippen LogP) is 1.81. The highest BCUT2D eigenvalue weighted by Gasteiger charge is 2.07. The van der Waals surface area contributed by atoms with E-state index in [0.29, 0.717) is 6.42 Å². The van der Waals surface area contributed by atoms with Crippen molar-refractivity contribution in [2.45, 2.75) is 12.8 Å². The normalized spacial score (nSPS) is 11.4. The van der Waals surface area contributed by atoms with E-state index in [4.69, 9.17) is 5.11 Å². The van der Waals surface area contributed by atoms with Gasteiger partial charge in [-0.3, -0.25) is 4.40 Å². The number of aryl methyl sites for hydroxylation is 1. The Hall–Kier alpha value is -1.94. The second-order valence-electron chi connectivity index (χ2n) is 4.03. The fourth-order valence-corrected chi connectivity index (χ4v) is 2.10. The molecule has 0 fully saturated rings. The molecule has 0 amide bonds. The lowest BCUT2D eigenvalue weighted by Gasteiger charge is -2.03. The third-order valence-corrected chi connectivity index (χ3v) is 2.90. The molecule has 3 rings (SSSR count). The molecule has 0 aliphatic heterocycles. The molecular formula is C13H13N3O. The Morgan fingerprint density at radius 1 is 1.06 bits per heavy atom. The minimum Gasteiger partial charge on any atom is -0.396 e. The van der Waals surface area contributed by atoms with E-state index in [0.717, 1.165) is 23.4 Å². The van der Waals surface area contributed by atoms with Crippen molar-refractivity contribution in [1.82, 2.24) is 14.6 Å². The number of hydrogen-bond acceptors (Lipinski definition) is 3. The van der Waals surface area contributed by atoms with Gasteiger partial charge in [-0.2, -0.15) is 0 Å². The van der Waals surface area contributed by atoms with Crippen molar-refractivity contribution in [2.24, 2.45) is 0 Å². The van der Waals surface area contributed by atoms with Crippen LogP contribution in [0.3, 0.4) is 0 Å². The first-order chi connectivity index (χ1) is 8.40. The van der Waals surface area contributed by atoms with E-state index in [9.17, 15) is 0 Å². The molecule has 4 heteroatoms. The topological polar surface area (TPSA) is 50.4 Å². The largest absolute Gasteiger partial charge is 0.396 e. The molecule has 0 spiro atoms. The van der Waals surface area contributed by atoms with Crippen LogP contribution in [0.15, 0.2) is 36.4 Å². The smallest absolute Gasteiger partial charge is 0.161 e. The number of benzene rings is 1. The van der Waals surface area contributed by atoms with Gasteiger partial charge in [0.25, 0.3) is 0 Å². The van der Waals surface area contributed by atoms with Gasteiger partial charge in [0.2, 0.25) is 0 Å². The number of hydrogen-bond donors (Lipinski definition) is 1. The molecule has 2 aromatic heterocycles. The molecule has 0 saturated heterocycles. The van der Waals surface area contributed by atoms with Crippen molar-refractivity contribution >= 4 is 16.6 Å². The van der Waals surface area contributed by atoms with E-state index >= 15 is 0 Å². The van der Waals surface area contributed by atoms with E-state index < -0.39 is 0 Å². The molecule has 1 aromatic carbocycles. The summed E-state index contributed by atoms with van der Waals surface area (Å²) in [6.45, 7) is 0.180. The van der Waals surface area contributed by atoms with E-state index in [2.05, 4.69) is 32.8 Å². The minimum atomic E-state index is 0.180. The van der Waals surface area contributed by atoms with E-state index in [1.165, 1.54) is 5.39 Å². The third-order valence-electron chi connectivity index (χ3n) is 2.90. The Morgan fingerprint density at radius 3 is 2.82 bits per heavy atom. The first-order valence-corrected chi connectivity index (χ1v) is 5.73. The molecule has 1 N–H and O–H groups in total. The average molecular weight is 227 g/mol. The molecule has 0 aliphatic rings. The van der Waals surface area contributed by atoms with Crippen LogP contribution in [0.4, 0.5) is 0 Å². The fourth-order valence-electron chi connectivity index (χ4n) is 2.10. The summed E-state index contributed by atoms with van der Waals surface area (Å²) < 4.78 is 2.06. The minimum absolute atomic E-state index is 0.180. The number of aromatic nitrogens is 3. The summed E-state index contributed by atoms with van der Waals surface area (Å²) in [5, 5.41) is 18.4. The zero-order chi connectivity index (χ0) is 11.7. The van der Waals surface area contributed by atoms with Crippen molar-refractivity contribution < 1.29 is 5.11 Å². The maximum absolute atomic E-state index is 8.89. The molecule has 0 bridgehead atoms. The number of aliphatic hydroxyl groups is 1. The molecule has 0 unspecified atom stereocenters.